The Bertz CT molecular complexity index is 1560. The van der Waals surface area contributed by atoms with Crippen molar-refractivity contribution >= 4 is 34.8 Å². The fraction of sp³-hybridized carbons (Fsp3) is 0.222. The van der Waals surface area contributed by atoms with Gasteiger partial charge in [-0.05, 0) is 55.3 Å². The lowest BCUT2D eigenvalue weighted by Crippen LogP contribution is -2.40. The lowest BCUT2D eigenvalue weighted by Gasteiger charge is -2.25. The summed E-state index contributed by atoms with van der Waals surface area (Å²) < 4.78 is 17.9. The number of hydrogen-bond donors (Lipinski definition) is 1. The maximum absolute atomic E-state index is 13.4. The molecule has 1 atom stereocenters. The van der Waals surface area contributed by atoms with E-state index in [1.54, 1.807) is 70.5 Å². The summed E-state index contributed by atoms with van der Waals surface area (Å²) in [6.45, 7) is 3.48. The molecule has 2 N–H and O–H groups in total. The minimum Gasteiger partial charge on any atom is -0.497 e. The van der Waals surface area contributed by atoms with Gasteiger partial charge in [0.15, 0.2) is 0 Å². The number of benzene rings is 2. The molecule has 36 heavy (non-hydrogen) atoms. The van der Waals surface area contributed by atoms with Crippen molar-refractivity contribution < 1.29 is 19.0 Å². The van der Waals surface area contributed by atoms with Gasteiger partial charge >= 0.3 is 5.97 Å². The molecule has 1 aliphatic heterocycles. The highest BCUT2D eigenvalue weighted by molar-refractivity contribution is 7.07. The predicted molar refractivity (Wildman–Crippen MR) is 138 cm³/mol. The van der Waals surface area contributed by atoms with Crippen LogP contribution in [0.1, 0.15) is 30.9 Å². The molecule has 0 saturated carbocycles. The summed E-state index contributed by atoms with van der Waals surface area (Å²) in [7, 11) is 3.13. The lowest BCUT2D eigenvalue weighted by molar-refractivity contribution is -0.140. The minimum atomic E-state index is -0.806. The van der Waals surface area contributed by atoms with Crippen LogP contribution >= 0.6 is 11.3 Å². The van der Waals surface area contributed by atoms with Crippen LogP contribution in [0.2, 0.25) is 0 Å². The van der Waals surface area contributed by atoms with Crippen molar-refractivity contribution in [2.75, 3.05) is 14.2 Å². The van der Waals surface area contributed by atoms with Crippen LogP contribution in [0.4, 0.5) is 0 Å². The molecule has 0 radical (unpaired) electrons. The number of nitrogens with zero attached hydrogens (tertiary/aromatic N) is 2. The highest BCUT2D eigenvalue weighted by atomic mass is 32.1. The number of thiazole rings is 1. The Morgan fingerprint density at radius 2 is 1.67 bits per heavy atom. The number of allylic oxidation sites excluding steroid dienone is 1. The van der Waals surface area contributed by atoms with E-state index < -0.39 is 23.6 Å². The highest BCUT2D eigenvalue weighted by Crippen LogP contribution is 2.37. The number of esters is 1. The molecule has 0 bridgehead atoms. The zero-order chi connectivity index (χ0) is 26.0. The van der Waals surface area contributed by atoms with E-state index in [0.717, 1.165) is 16.9 Å². The van der Waals surface area contributed by atoms with Crippen LogP contribution in [0.15, 0.2) is 58.9 Å². The van der Waals surface area contributed by atoms with Crippen molar-refractivity contribution in [3.8, 4) is 17.6 Å². The Labute approximate surface area is 211 Å². The van der Waals surface area contributed by atoms with E-state index in [1.807, 2.05) is 12.1 Å². The molecule has 2 aromatic carbocycles. The van der Waals surface area contributed by atoms with Crippen molar-refractivity contribution in [3.63, 3.8) is 0 Å². The number of hydrogen-bond acceptors (Lipinski definition) is 8. The maximum atomic E-state index is 13.4. The van der Waals surface area contributed by atoms with E-state index >= 15 is 0 Å². The van der Waals surface area contributed by atoms with E-state index in [-0.39, 0.29) is 17.0 Å². The van der Waals surface area contributed by atoms with Gasteiger partial charge in [0.2, 0.25) is 0 Å². The van der Waals surface area contributed by atoms with E-state index in [2.05, 4.69) is 6.07 Å². The molecule has 1 aliphatic rings. The smallest absolute Gasteiger partial charge is 0.338 e. The first-order valence-electron chi connectivity index (χ1n) is 11.2. The third kappa shape index (κ3) is 4.51. The first kappa shape index (κ1) is 24.8. The average molecular weight is 504 g/mol. The van der Waals surface area contributed by atoms with Crippen LogP contribution in [0.5, 0.6) is 11.5 Å². The molecule has 1 aromatic heterocycles. The molecule has 3 aromatic rings. The Balaban J connectivity index is 2.03. The number of aromatic nitrogens is 1. The van der Waals surface area contributed by atoms with Crippen molar-refractivity contribution in [2.24, 2.45) is 5.73 Å². The highest BCUT2D eigenvalue weighted by Gasteiger charge is 2.36. The van der Waals surface area contributed by atoms with E-state index in [9.17, 15) is 14.9 Å². The van der Waals surface area contributed by atoms with E-state index in [0.29, 0.717) is 26.3 Å². The van der Waals surface area contributed by atoms with Gasteiger partial charge < -0.3 is 19.9 Å². The van der Waals surface area contributed by atoms with Gasteiger partial charge in [-0.3, -0.25) is 9.36 Å². The Hall–Kier alpha value is -4.29. The lowest BCUT2D eigenvalue weighted by atomic mass is 9.84. The molecule has 2 heterocycles. The fourth-order valence-corrected chi connectivity index (χ4v) is 5.17. The van der Waals surface area contributed by atoms with Gasteiger partial charge in [0.1, 0.15) is 22.0 Å². The van der Waals surface area contributed by atoms with Crippen molar-refractivity contribution in [1.29, 1.82) is 5.26 Å². The summed E-state index contributed by atoms with van der Waals surface area (Å²) in [6, 6.07) is 16.4. The SMILES string of the molecule is COc1ccc(/C=c2\sc3n(c2=O)C(N)=C(C#N)[C@H](c2ccc(OC)cc2)C=3C(=O)OC(C)C)cc1. The molecule has 0 unspecified atom stereocenters. The second-order valence-corrected chi connectivity index (χ2v) is 9.34. The predicted octanol–water partition coefficient (Wildman–Crippen LogP) is 2.31. The molecule has 8 nitrogen and oxygen atoms in total. The summed E-state index contributed by atoms with van der Waals surface area (Å²) >= 11 is 1.13. The molecule has 0 amide bonds. The normalized spacial score (nSPS) is 15.5. The Kier molecular flexibility index (Phi) is 6.99. The molecule has 0 aliphatic carbocycles. The Morgan fingerprint density at radius 1 is 1.08 bits per heavy atom. The van der Waals surface area contributed by atoms with Crippen molar-refractivity contribution in [3.05, 3.63) is 84.8 Å². The fourth-order valence-electron chi connectivity index (χ4n) is 4.00. The van der Waals surface area contributed by atoms with E-state index in [4.69, 9.17) is 19.9 Å². The van der Waals surface area contributed by atoms with Gasteiger partial charge in [0.25, 0.3) is 5.56 Å². The molecule has 0 saturated heterocycles. The van der Waals surface area contributed by atoms with Crippen LogP contribution in [0.25, 0.3) is 17.5 Å². The minimum absolute atomic E-state index is 0.00922. The standard InChI is InChI=1S/C27H25N3O5S/c1-15(2)35-27(32)23-22(17-7-11-19(34-4)12-8-17)20(14-28)24(29)30-25(31)21(36-26(23)30)13-16-5-9-18(33-3)10-6-16/h5-13,15,22H,29H2,1-4H3/b21-13-/t22-/m0/s1. The van der Waals surface area contributed by atoms with E-state index in [1.165, 1.54) is 4.57 Å². The molecular formula is C27H25N3O5S. The monoisotopic (exact) mass is 503 g/mol. The summed E-state index contributed by atoms with van der Waals surface area (Å²) in [5.41, 5.74) is 7.69. The Morgan fingerprint density at radius 3 is 2.19 bits per heavy atom. The quantitative estimate of drug-likeness (QED) is 0.513. The van der Waals surface area contributed by atoms with Gasteiger partial charge in [0.05, 0.1) is 48.0 Å². The summed E-state index contributed by atoms with van der Waals surface area (Å²) in [4.78, 5) is 26.8. The molecular weight excluding hydrogens is 478 g/mol. The maximum Gasteiger partial charge on any atom is 0.338 e. The first-order valence-corrected chi connectivity index (χ1v) is 12.0. The number of fused-ring (bicyclic) bond motifs is 1. The number of carbonyl (C=O) groups is 1. The average Bonchev–Trinajstić information content (AvgIpc) is 3.19. The molecule has 9 heteroatoms. The van der Waals surface area contributed by atoms with Crippen LogP contribution in [-0.2, 0) is 9.53 Å². The summed E-state index contributed by atoms with van der Waals surface area (Å²) in [5, 5.41) is 10.1. The van der Waals surface area contributed by atoms with Crippen LogP contribution in [0, 0.1) is 11.3 Å². The molecule has 0 spiro atoms. The topological polar surface area (TPSA) is 117 Å². The number of methoxy groups -OCH3 is 2. The number of rotatable bonds is 6. The summed E-state index contributed by atoms with van der Waals surface area (Å²) in [6.07, 6.45) is 1.31. The summed E-state index contributed by atoms with van der Waals surface area (Å²) in [5.74, 6) is -0.114. The van der Waals surface area contributed by atoms with Crippen LogP contribution in [0.3, 0.4) is 0 Å². The third-order valence-corrected chi connectivity index (χ3v) is 6.80. The van der Waals surface area contributed by atoms with Gasteiger partial charge in [0, 0.05) is 0 Å². The molecule has 4 rings (SSSR count). The second-order valence-electron chi connectivity index (χ2n) is 8.31. The van der Waals surface area contributed by atoms with Gasteiger partial charge in [-0.2, -0.15) is 5.26 Å². The van der Waals surface area contributed by atoms with Gasteiger partial charge in [-0.15, -0.1) is 11.3 Å². The molecule has 0 fully saturated rings. The van der Waals surface area contributed by atoms with Crippen LogP contribution in [-0.4, -0.2) is 30.9 Å². The number of carbonyl (C=O) groups excluding carboxylic acids is 1. The number of nitrogens with two attached hydrogens (primary N) is 1. The van der Waals surface area contributed by atoms with Crippen LogP contribution < -0.4 is 30.0 Å². The second kappa shape index (κ2) is 10.1. The largest absolute Gasteiger partial charge is 0.497 e. The van der Waals surface area contributed by atoms with Crippen molar-refractivity contribution in [2.45, 2.75) is 25.9 Å². The first-order chi connectivity index (χ1) is 17.3. The zero-order valence-corrected chi connectivity index (χ0v) is 21.1. The third-order valence-electron chi connectivity index (χ3n) is 5.69. The van der Waals surface area contributed by atoms with Gasteiger partial charge in [-0.25, -0.2) is 4.79 Å². The van der Waals surface area contributed by atoms with Crippen molar-refractivity contribution in [1.82, 2.24) is 4.57 Å². The van der Waals surface area contributed by atoms with Gasteiger partial charge in [-0.1, -0.05) is 24.3 Å². The zero-order valence-electron chi connectivity index (χ0n) is 20.3. The number of nitriles is 1. The number of ether oxygens (including phenoxy) is 3. The molecule has 184 valence electrons.